The number of halogens is 1. The van der Waals surface area contributed by atoms with Gasteiger partial charge >= 0.3 is 0 Å². The molecular weight excluding hydrogens is 262 g/mol. The summed E-state index contributed by atoms with van der Waals surface area (Å²) in [6.07, 6.45) is 5.15. The third-order valence-electron chi connectivity index (χ3n) is 4.34. The average molecular weight is 282 g/mol. The number of thioether (sulfide) groups is 1. The molecule has 0 spiro atoms. The van der Waals surface area contributed by atoms with Gasteiger partial charge in [0.05, 0.1) is 0 Å². The van der Waals surface area contributed by atoms with Gasteiger partial charge < -0.3 is 5.32 Å². The van der Waals surface area contributed by atoms with E-state index in [9.17, 15) is 0 Å². The molecule has 1 nitrogen and oxygen atoms in total. The van der Waals surface area contributed by atoms with E-state index in [1.165, 1.54) is 41.9 Å². The van der Waals surface area contributed by atoms with Crippen molar-refractivity contribution in [2.24, 2.45) is 0 Å². The highest BCUT2D eigenvalue weighted by Crippen LogP contribution is 2.39. The van der Waals surface area contributed by atoms with Crippen molar-refractivity contribution >= 4 is 23.4 Å². The Morgan fingerprint density at radius 2 is 2.06 bits per heavy atom. The van der Waals surface area contributed by atoms with E-state index in [1.54, 1.807) is 0 Å². The highest BCUT2D eigenvalue weighted by molar-refractivity contribution is 7.99. The summed E-state index contributed by atoms with van der Waals surface area (Å²) >= 11 is 8.17. The second kappa shape index (κ2) is 5.44. The smallest absolute Gasteiger partial charge is 0.0406 e. The van der Waals surface area contributed by atoms with Crippen LogP contribution < -0.4 is 5.32 Å². The first kappa shape index (κ1) is 12.8. The van der Waals surface area contributed by atoms with Crippen molar-refractivity contribution in [1.82, 2.24) is 5.32 Å². The molecule has 1 saturated carbocycles. The topological polar surface area (TPSA) is 12.0 Å². The summed E-state index contributed by atoms with van der Waals surface area (Å²) in [7, 11) is 0. The van der Waals surface area contributed by atoms with Gasteiger partial charge in [0.15, 0.2) is 0 Å². The van der Waals surface area contributed by atoms with Crippen molar-refractivity contribution in [2.75, 3.05) is 18.2 Å². The molecule has 98 valence electrons. The van der Waals surface area contributed by atoms with Gasteiger partial charge in [0.25, 0.3) is 0 Å². The monoisotopic (exact) mass is 281 g/mol. The zero-order chi connectivity index (χ0) is 12.4. The van der Waals surface area contributed by atoms with E-state index in [-0.39, 0.29) is 5.54 Å². The molecule has 0 radical (unpaired) electrons. The Bertz CT molecular complexity index is 415. The van der Waals surface area contributed by atoms with Gasteiger partial charge in [0, 0.05) is 34.5 Å². The van der Waals surface area contributed by atoms with Crippen molar-refractivity contribution in [1.29, 1.82) is 0 Å². The van der Waals surface area contributed by atoms with Gasteiger partial charge in [-0.25, -0.2) is 0 Å². The minimum Gasteiger partial charge on any atom is -0.309 e. The molecule has 1 N–H and O–H groups in total. The van der Waals surface area contributed by atoms with Crippen LogP contribution >= 0.6 is 23.4 Å². The van der Waals surface area contributed by atoms with Gasteiger partial charge in [-0.15, -0.1) is 23.4 Å². The maximum Gasteiger partial charge on any atom is 0.0406 e. The summed E-state index contributed by atoms with van der Waals surface area (Å²) in [6.45, 7) is 1.08. The van der Waals surface area contributed by atoms with Crippen LogP contribution in [0.2, 0.25) is 0 Å². The first-order valence-electron chi connectivity index (χ1n) is 6.86. The molecule has 1 heterocycles. The fourth-order valence-corrected chi connectivity index (χ4v) is 4.76. The Balaban J connectivity index is 1.65. The van der Waals surface area contributed by atoms with Crippen molar-refractivity contribution in [3.05, 3.63) is 29.8 Å². The Hall–Kier alpha value is -0.180. The molecule has 0 saturated heterocycles. The number of fused-ring (bicyclic) bond motifs is 1. The standard InChI is InChI=1S/C15H20ClNS/c16-11-15(7-3-4-8-15)17-9-12-10-18-14-6-2-1-5-13(12)14/h1-2,5-6,12,17H,3-4,7-11H2. The van der Waals surface area contributed by atoms with Crippen LogP contribution in [0, 0.1) is 0 Å². The van der Waals surface area contributed by atoms with Gasteiger partial charge in [0.1, 0.15) is 0 Å². The van der Waals surface area contributed by atoms with Crippen LogP contribution in [0.1, 0.15) is 37.2 Å². The fourth-order valence-electron chi connectivity index (χ4n) is 3.15. The maximum atomic E-state index is 6.18. The zero-order valence-corrected chi connectivity index (χ0v) is 12.2. The van der Waals surface area contributed by atoms with Crippen LogP contribution in [0.5, 0.6) is 0 Å². The lowest BCUT2D eigenvalue weighted by Crippen LogP contribution is -2.46. The fraction of sp³-hybridized carbons (Fsp3) is 0.600. The SMILES string of the molecule is ClCC1(NCC2CSc3ccccc32)CCCC1. The van der Waals surface area contributed by atoms with Gasteiger partial charge in [0.2, 0.25) is 0 Å². The lowest BCUT2D eigenvalue weighted by Gasteiger charge is -2.29. The number of nitrogens with one attached hydrogen (secondary N) is 1. The Morgan fingerprint density at radius 3 is 2.83 bits per heavy atom. The summed E-state index contributed by atoms with van der Waals surface area (Å²) < 4.78 is 0. The van der Waals surface area contributed by atoms with Gasteiger partial charge in [-0.2, -0.15) is 0 Å². The Kier molecular flexibility index (Phi) is 3.88. The quantitative estimate of drug-likeness (QED) is 0.837. The van der Waals surface area contributed by atoms with Gasteiger partial charge in [-0.05, 0) is 24.5 Å². The third-order valence-corrected chi connectivity index (χ3v) is 6.10. The minimum atomic E-state index is 0.226. The minimum absolute atomic E-state index is 0.226. The highest BCUT2D eigenvalue weighted by Gasteiger charge is 2.34. The highest BCUT2D eigenvalue weighted by atomic mass is 35.5. The molecule has 1 aliphatic carbocycles. The van der Waals surface area contributed by atoms with Gasteiger partial charge in [-0.3, -0.25) is 0 Å². The summed E-state index contributed by atoms with van der Waals surface area (Å²) in [4.78, 5) is 1.47. The van der Waals surface area contributed by atoms with Crippen LogP contribution in [0.3, 0.4) is 0 Å². The maximum absolute atomic E-state index is 6.18. The molecule has 2 aliphatic rings. The van der Waals surface area contributed by atoms with Crippen LogP contribution in [-0.2, 0) is 0 Å². The molecule has 1 unspecified atom stereocenters. The largest absolute Gasteiger partial charge is 0.309 e. The molecule has 0 aromatic heterocycles. The normalized spacial score (nSPS) is 25.3. The van der Waals surface area contributed by atoms with Crippen LogP contribution in [0.15, 0.2) is 29.2 Å². The molecule has 3 heteroatoms. The molecule has 0 bridgehead atoms. The van der Waals surface area contributed by atoms with Crippen LogP contribution in [0.25, 0.3) is 0 Å². The molecule has 1 aliphatic heterocycles. The number of rotatable bonds is 4. The Labute approximate surface area is 119 Å². The van der Waals surface area contributed by atoms with Gasteiger partial charge in [-0.1, -0.05) is 31.0 Å². The predicted molar refractivity (Wildman–Crippen MR) is 79.8 cm³/mol. The lowest BCUT2D eigenvalue weighted by atomic mass is 9.96. The summed E-state index contributed by atoms with van der Waals surface area (Å²) in [5.41, 5.74) is 1.75. The van der Waals surface area contributed by atoms with Crippen LogP contribution in [-0.4, -0.2) is 23.7 Å². The molecule has 1 aromatic carbocycles. The molecular formula is C15H20ClNS. The first-order valence-corrected chi connectivity index (χ1v) is 8.38. The zero-order valence-electron chi connectivity index (χ0n) is 10.6. The van der Waals surface area contributed by atoms with E-state index < -0.39 is 0 Å². The van der Waals surface area contributed by atoms with E-state index in [1.807, 2.05) is 11.8 Å². The van der Waals surface area contributed by atoms with E-state index in [2.05, 4.69) is 29.6 Å². The van der Waals surface area contributed by atoms with Crippen LogP contribution in [0.4, 0.5) is 0 Å². The van der Waals surface area contributed by atoms with Crippen molar-refractivity contribution in [3.63, 3.8) is 0 Å². The number of hydrogen-bond acceptors (Lipinski definition) is 2. The summed E-state index contributed by atoms with van der Waals surface area (Å²) in [5, 5.41) is 3.78. The van der Waals surface area contributed by atoms with E-state index in [0.717, 1.165) is 12.4 Å². The summed E-state index contributed by atoms with van der Waals surface area (Å²) in [5.74, 6) is 2.63. The summed E-state index contributed by atoms with van der Waals surface area (Å²) in [6, 6.07) is 8.82. The Morgan fingerprint density at radius 1 is 1.28 bits per heavy atom. The predicted octanol–water partition coefficient (Wildman–Crippen LogP) is 4.02. The number of alkyl halides is 1. The molecule has 18 heavy (non-hydrogen) atoms. The van der Waals surface area contributed by atoms with Crippen molar-refractivity contribution in [3.8, 4) is 0 Å². The average Bonchev–Trinajstić information content (AvgIpc) is 3.04. The number of benzene rings is 1. The first-order chi connectivity index (χ1) is 8.83. The van der Waals surface area contributed by atoms with Crippen molar-refractivity contribution in [2.45, 2.75) is 42.0 Å². The number of hydrogen-bond donors (Lipinski definition) is 1. The van der Waals surface area contributed by atoms with E-state index in [0.29, 0.717) is 5.92 Å². The van der Waals surface area contributed by atoms with Crippen molar-refractivity contribution < 1.29 is 0 Å². The second-order valence-electron chi connectivity index (χ2n) is 5.55. The third kappa shape index (κ3) is 2.43. The van der Waals surface area contributed by atoms with E-state index in [4.69, 9.17) is 11.6 Å². The molecule has 0 amide bonds. The molecule has 1 fully saturated rings. The lowest BCUT2D eigenvalue weighted by molar-refractivity contribution is 0.362. The molecule has 1 aromatic rings. The molecule has 3 rings (SSSR count). The molecule has 1 atom stereocenters. The second-order valence-corrected chi connectivity index (χ2v) is 6.88. The van der Waals surface area contributed by atoms with E-state index >= 15 is 0 Å².